The van der Waals surface area contributed by atoms with Crippen LogP contribution in [0.5, 0.6) is 5.75 Å². The summed E-state index contributed by atoms with van der Waals surface area (Å²) in [7, 11) is 1.51. The number of halogens is 4. The normalized spacial score (nSPS) is 11.0. The van der Waals surface area contributed by atoms with Crippen LogP contribution in [-0.4, -0.2) is 13.1 Å². The smallest absolute Gasteiger partial charge is 0.417 e. The zero-order valence-electron chi connectivity index (χ0n) is 11.9. The molecule has 0 fully saturated rings. The van der Waals surface area contributed by atoms with E-state index in [9.17, 15) is 18.0 Å². The molecule has 0 saturated carbocycles. The summed E-state index contributed by atoms with van der Waals surface area (Å²) in [4.78, 5) is 11.8. The lowest BCUT2D eigenvalue weighted by atomic mass is 10.2. The van der Waals surface area contributed by atoms with Gasteiger partial charge in [-0.05, 0) is 42.5 Å². The maximum absolute atomic E-state index is 12.8. The number of rotatable bonds is 3. The molecule has 0 spiro atoms. The molecular weight excluding hydrogens is 377 g/mol. The van der Waals surface area contributed by atoms with Crippen LogP contribution in [-0.2, 0) is 6.18 Å². The predicted octanol–water partition coefficient (Wildman–Crippen LogP) is 5.12. The average Bonchev–Trinajstić information content (AvgIpc) is 2.49. The number of hydrogen-bond acceptors (Lipinski definition) is 2. The first-order valence-electron chi connectivity index (χ1n) is 6.38. The molecule has 0 radical (unpaired) electrons. The molecule has 2 amide bonds. The van der Waals surface area contributed by atoms with Gasteiger partial charge in [0.2, 0.25) is 0 Å². The van der Waals surface area contributed by atoms with Crippen molar-refractivity contribution in [3.8, 4) is 5.75 Å². The molecule has 0 atom stereocenters. The van der Waals surface area contributed by atoms with Crippen LogP contribution in [0.15, 0.2) is 46.9 Å². The fraction of sp³-hybridized carbons (Fsp3) is 0.133. The van der Waals surface area contributed by atoms with Gasteiger partial charge in [-0.3, -0.25) is 0 Å². The fourth-order valence-electron chi connectivity index (χ4n) is 1.79. The first kappa shape index (κ1) is 17.1. The van der Waals surface area contributed by atoms with Gasteiger partial charge in [0.1, 0.15) is 5.75 Å². The summed E-state index contributed by atoms with van der Waals surface area (Å²) >= 11 is 2.84. The van der Waals surface area contributed by atoms with Crippen LogP contribution < -0.4 is 15.4 Å². The van der Waals surface area contributed by atoms with E-state index in [-0.39, 0.29) is 10.2 Å². The van der Waals surface area contributed by atoms with Crippen molar-refractivity contribution in [1.29, 1.82) is 0 Å². The Bertz CT molecular complexity index is 703. The van der Waals surface area contributed by atoms with Gasteiger partial charge in [-0.25, -0.2) is 4.79 Å². The second-order valence-corrected chi connectivity index (χ2v) is 5.35. The van der Waals surface area contributed by atoms with Crippen LogP contribution in [0.3, 0.4) is 0 Å². The minimum absolute atomic E-state index is 0.0338. The van der Waals surface area contributed by atoms with Gasteiger partial charge in [0.15, 0.2) is 0 Å². The molecule has 23 heavy (non-hydrogen) atoms. The van der Waals surface area contributed by atoms with Crippen LogP contribution in [0.2, 0.25) is 0 Å². The van der Waals surface area contributed by atoms with E-state index in [1.54, 1.807) is 24.3 Å². The number of anilines is 2. The molecular formula is C15H12BrF3N2O2. The monoisotopic (exact) mass is 388 g/mol. The second-order valence-electron chi connectivity index (χ2n) is 4.50. The molecule has 2 rings (SSSR count). The Hall–Kier alpha value is -2.22. The van der Waals surface area contributed by atoms with Gasteiger partial charge in [0.25, 0.3) is 0 Å². The lowest BCUT2D eigenvalue weighted by Crippen LogP contribution is -2.19. The van der Waals surface area contributed by atoms with Crippen molar-refractivity contribution in [3.63, 3.8) is 0 Å². The van der Waals surface area contributed by atoms with Crippen LogP contribution in [0, 0.1) is 0 Å². The third-order valence-corrected chi connectivity index (χ3v) is 3.57. The number of hydrogen-bond donors (Lipinski definition) is 2. The van der Waals surface area contributed by atoms with Gasteiger partial charge in [0, 0.05) is 15.8 Å². The maximum Gasteiger partial charge on any atom is 0.417 e. The number of nitrogens with one attached hydrogen (secondary N) is 2. The predicted molar refractivity (Wildman–Crippen MR) is 84.8 cm³/mol. The van der Waals surface area contributed by atoms with Gasteiger partial charge in [-0.2, -0.15) is 13.2 Å². The molecule has 122 valence electrons. The Labute approximate surface area is 138 Å². The molecule has 8 heteroatoms. The number of alkyl halides is 3. The first-order chi connectivity index (χ1) is 10.8. The topological polar surface area (TPSA) is 50.4 Å². The lowest BCUT2D eigenvalue weighted by molar-refractivity contribution is -0.138. The van der Waals surface area contributed by atoms with Gasteiger partial charge >= 0.3 is 12.2 Å². The van der Waals surface area contributed by atoms with Crippen LogP contribution in [0.1, 0.15) is 5.56 Å². The molecule has 0 aliphatic carbocycles. The van der Waals surface area contributed by atoms with E-state index in [2.05, 4.69) is 26.6 Å². The van der Waals surface area contributed by atoms with Crippen LogP contribution in [0.4, 0.5) is 29.3 Å². The Kier molecular flexibility index (Phi) is 5.15. The molecule has 0 saturated heterocycles. The van der Waals surface area contributed by atoms with Gasteiger partial charge in [-0.1, -0.05) is 15.9 Å². The minimum Gasteiger partial charge on any atom is -0.497 e. The number of carbonyl (C=O) groups excluding carboxylic acids is 1. The SMILES string of the molecule is COc1ccc(NC(=O)Nc2ccc(Br)c(C(F)(F)F)c2)cc1. The highest BCUT2D eigenvalue weighted by molar-refractivity contribution is 9.10. The molecule has 0 aromatic heterocycles. The third kappa shape index (κ3) is 4.62. The van der Waals surface area contributed by atoms with Crippen LogP contribution >= 0.6 is 15.9 Å². The van der Waals surface area contributed by atoms with E-state index in [0.717, 1.165) is 6.07 Å². The largest absolute Gasteiger partial charge is 0.497 e. The van der Waals surface area contributed by atoms with Crippen molar-refractivity contribution < 1.29 is 22.7 Å². The minimum atomic E-state index is -4.51. The number of amides is 2. The Morgan fingerprint density at radius 1 is 1.04 bits per heavy atom. The van der Waals surface area contributed by atoms with Crippen molar-refractivity contribution in [2.75, 3.05) is 17.7 Å². The molecule has 2 N–H and O–H groups in total. The van der Waals surface area contributed by atoms with E-state index in [1.807, 2.05) is 0 Å². The Balaban J connectivity index is 2.08. The maximum atomic E-state index is 12.8. The molecule has 0 aliphatic rings. The number of ether oxygens (including phenoxy) is 1. The molecule has 0 unspecified atom stereocenters. The van der Waals surface area contributed by atoms with E-state index in [1.165, 1.54) is 19.2 Å². The van der Waals surface area contributed by atoms with Crippen LogP contribution in [0.25, 0.3) is 0 Å². The lowest BCUT2D eigenvalue weighted by Gasteiger charge is -2.12. The average molecular weight is 389 g/mol. The molecule has 0 heterocycles. The van der Waals surface area contributed by atoms with Crippen molar-refractivity contribution in [2.45, 2.75) is 6.18 Å². The standard InChI is InChI=1S/C15H12BrF3N2O2/c1-23-11-5-2-9(3-6-11)20-14(22)21-10-4-7-13(16)12(8-10)15(17,18)19/h2-8H,1H3,(H2,20,21,22). The van der Waals surface area contributed by atoms with Gasteiger partial charge < -0.3 is 15.4 Å². The molecule has 0 aliphatic heterocycles. The summed E-state index contributed by atoms with van der Waals surface area (Å²) in [6.45, 7) is 0. The number of carbonyl (C=O) groups is 1. The van der Waals surface area contributed by atoms with Gasteiger partial charge in [0.05, 0.1) is 12.7 Å². The zero-order valence-corrected chi connectivity index (χ0v) is 13.5. The number of methoxy groups -OCH3 is 1. The Morgan fingerprint density at radius 3 is 2.17 bits per heavy atom. The summed E-state index contributed by atoms with van der Waals surface area (Å²) in [5, 5.41) is 4.87. The van der Waals surface area contributed by atoms with Crippen molar-refractivity contribution >= 4 is 33.3 Å². The molecule has 2 aromatic carbocycles. The number of benzene rings is 2. The molecule has 4 nitrogen and oxygen atoms in total. The van der Waals surface area contributed by atoms with E-state index in [4.69, 9.17) is 4.74 Å². The Morgan fingerprint density at radius 2 is 1.61 bits per heavy atom. The summed E-state index contributed by atoms with van der Waals surface area (Å²) in [6, 6.07) is 9.33. The molecule has 0 bridgehead atoms. The van der Waals surface area contributed by atoms with E-state index in [0.29, 0.717) is 11.4 Å². The quantitative estimate of drug-likeness (QED) is 0.766. The highest BCUT2D eigenvalue weighted by Crippen LogP contribution is 2.36. The zero-order chi connectivity index (χ0) is 17.0. The third-order valence-electron chi connectivity index (χ3n) is 2.88. The summed E-state index contributed by atoms with van der Waals surface area (Å²) in [5.41, 5.74) is -0.345. The highest BCUT2D eigenvalue weighted by Gasteiger charge is 2.33. The summed E-state index contributed by atoms with van der Waals surface area (Å²) in [6.07, 6.45) is -4.51. The second kappa shape index (κ2) is 6.91. The van der Waals surface area contributed by atoms with E-state index < -0.39 is 17.8 Å². The first-order valence-corrected chi connectivity index (χ1v) is 7.17. The van der Waals surface area contributed by atoms with Crippen molar-refractivity contribution in [2.24, 2.45) is 0 Å². The van der Waals surface area contributed by atoms with E-state index >= 15 is 0 Å². The summed E-state index contributed by atoms with van der Waals surface area (Å²) < 4.78 is 43.3. The molecule has 2 aromatic rings. The summed E-state index contributed by atoms with van der Waals surface area (Å²) in [5.74, 6) is 0.624. The highest BCUT2D eigenvalue weighted by atomic mass is 79.9. The number of urea groups is 1. The fourth-order valence-corrected chi connectivity index (χ4v) is 2.26. The van der Waals surface area contributed by atoms with Crippen molar-refractivity contribution in [1.82, 2.24) is 0 Å². The van der Waals surface area contributed by atoms with Gasteiger partial charge in [-0.15, -0.1) is 0 Å². The van der Waals surface area contributed by atoms with Crippen molar-refractivity contribution in [3.05, 3.63) is 52.5 Å².